The van der Waals surface area contributed by atoms with E-state index in [4.69, 9.17) is 0 Å². The Morgan fingerprint density at radius 3 is 1.45 bits per heavy atom. The topological polar surface area (TPSA) is 58.2 Å². The summed E-state index contributed by atoms with van der Waals surface area (Å²) in [7, 11) is 0. The maximum absolute atomic E-state index is 12.2. The number of hydrogen-bond donors (Lipinski definition) is 2. The second-order valence-corrected chi connectivity index (χ2v) is 8.52. The van der Waals surface area contributed by atoms with Crippen molar-refractivity contribution in [1.82, 2.24) is 10.6 Å². The van der Waals surface area contributed by atoms with Gasteiger partial charge in [0.25, 0.3) is 0 Å². The molecule has 1 rings (SSSR count). The predicted octanol–water partition coefficient (Wildman–Crippen LogP) is 5.72. The summed E-state index contributed by atoms with van der Waals surface area (Å²) in [5.41, 5.74) is 0.177. The summed E-state index contributed by atoms with van der Waals surface area (Å²) in [5.74, 6) is 1.46. The number of hydrogen-bond acceptors (Lipinski definition) is 2. The van der Waals surface area contributed by atoms with Crippen LogP contribution in [-0.4, -0.2) is 23.9 Å². The van der Waals surface area contributed by atoms with E-state index < -0.39 is 0 Å². The van der Waals surface area contributed by atoms with Crippen molar-refractivity contribution in [1.29, 1.82) is 0 Å². The van der Waals surface area contributed by atoms with Crippen LogP contribution in [0.2, 0.25) is 0 Å². The fourth-order valence-electron chi connectivity index (χ4n) is 4.89. The third kappa shape index (κ3) is 9.55. The Hall–Kier alpha value is -0.346. The van der Waals surface area contributed by atoms with E-state index >= 15 is 0 Å². The molecule has 29 heavy (non-hydrogen) atoms. The van der Waals surface area contributed by atoms with Gasteiger partial charge in [0.1, 0.15) is 0 Å². The Kier molecular flexibility index (Phi) is 18.8. The summed E-state index contributed by atoms with van der Waals surface area (Å²) < 4.78 is 0. The first-order valence-corrected chi connectivity index (χ1v) is 10.9. The molecule has 0 saturated heterocycles. The van der Waals surface area contributed by atoms with Crippen molar-refractivity contribution in [3.05, 3.63) is 14.9 Å². The smallest absolute Gasteiger partial charge is 0.358 e. The molecule has 1 fully saturated rings. The van der Waals surface area contributed by atoms with Crippen molar-refractivity contribution in [2.24, 2.45) is 17.3 Å². The zero-order valence-electron chi connectivity index (χ0n) is 20.5. The van der Waals surface area contributed by atoms with Crippen LogP contribution in [0.1, 0.15) is 99.3 Å². The van der Waals surface area contributed by atoms with Crippen LogP contribution in [0.25, 0.3) is 0 Å². The molecule has 1 aliphatic carbocycles. The Balaban J connectivity index is -0.00000225. The number of carbonyl (C=O) groups excluding carboxylic acids is 2. The van der Waals surface area contributed by atoms with Gasteiger partial charge in [0.15, 0.2) is 0 Å². The van der Waals surface area contributed by atoms with Crippen LogP contribution in [0.3, 0.4) is 0 Å². The molecule has 0 heterocycles. The zero-order valence-corrected chi connectivity index (χ0v) is 22.1. The van der Waals surface area contributed by atoms with Crippen LogP contribution >= 0.6 is 0 Å². The van der Waals surface area contributed by atoms with E-state index in [-0.39, 0.29) is 65.9 Å². The molecule has 1 saturated carbocycles. The molecular formula is C24H48N2O2Ti. The Bertz CT molecular complexity index is 416. The van der Waals surface area contributed by atoms with Crippen LogP contribution in [0.5, 0.6) is 0 Å². The molecule has 0 aromatic carbocycles. The minimum Gasteiger partial charge on any atom is -0.358 e. The fourth-order valence-corrected chi connectivity index (χ4v) is 4.89. The van der Waals surface area contributed by atoms with Crippen LogP contribution < -0.4 is 10.6 Å². The quantitative estimate of drug-likeness (QED) is 0.335. The second kappa shape index (κ2) is 16.4. The van der Waals surface area contributed by atoms with Gasteiger partial charge in [0, 0.05) is 24.9 Å². The molecule has 4 atom stereocenters. The summed E-state index contributed by atoms with van der Waals surface area (Å²) in [4.78, 5) is 24.5. The van der Waals surface area contributed by atoms with Gasteiger partial charge >= 0.3 is 21.7 Å². The molecule has 0 aliphatic heterocycles. The number of carbonyl (C=O) groups is 2. The van der Waals surface area contributed by atoms with Crippen molar-refractivity contribution in [2.45, 2.75) is 111 Å². The van der Waals surface area contributed by atoms with Gasteiger partial charge < -0.3 is 25.5 Å². The zero-order chi connectivity index (χ0) is 19.7. The Morgan fingerprint density at radius 1 is 0.828 bits per heavy atom. The monoisotopic (exact) mass is 444 g/mol. The maximum Gasteiger partial charge on any atom is 2.00 e. The van der Waals surface area contributed by atoms with E-state index in [0.717, 1.165) is 44.9 Å². The van der Waals surface area contributed by atoms with Crippen molar-refractivity contribution >= 4 is 11.8 Å². The summed E-state index contributed by atoms with van der Waals surface area (Å²) >= 11 is 0. The van der Waals surface area contributed by atoms with Crippen molar-refractivity contribution < 1.29 is 31.3 Å². The minimum absolute atomic E-state index is 0. The molecule has 1 aliphatic rings. The first-order chi connectivity index (χ1) is 12.3. The summed E-state index contributed by atoms with van der Waals surface area (Å²) in [6, 6.07) is 0.329. The number of nitrogens with one attached hydrogen (secondary N) is 2. The number of amides is 2. The summed E-state index contributed by atoms with van der Waals surface area (Å²) in [6.45, 7) is 13.3. The number of rotatable bonds is 10. The molecule has 4 unspecified atom stereocenters. The van der Waals surface area contributed by atoms with E-state index in [1.165, 1.54) is 0 Å². The first kappa shape index (κ1) is 33.3. The largest absolute Gasteiger partial charge is 2.00 e. The predicted molar refractivity (Wildman–Crippen MR) is 122 cm³/mol. The molecule has 0 aromatic heterocycles. The van der Waals surface area contributed by atoms with Crippen LogP contribution in [0, 0.1) is 32.1 Å². The van der Waals surface area contributed by atoms with Gasteiger partial charge in [-0.1, -0.05) is 54.4 Å². The molecular weight excluding hydrogens is 396 g/mol. The SMILES string of the molecule is CCCC(=O)NC1CC(NC(=O)CCC)CC(C(C)CC)(C(C)CC)C1.[CH3-].[CH3-].[Ti+2]. The van der Waals surface area contributed by atoms with E-state index in [9.17, 15) is 9.59 Å². The summed E-state index contributed by atoms with van der Waals surface area (Å²) in [6.07, 6.45) is 8.12. The van der Waals surface area contributed by atoms with Gasteiger partial charge in [-0.3, -0.25) is 9.59 Å². The second-order valence-electron chi connectivity index (χ2n) is 8.52. The first-order valence-electron chi connectivity index (χ1n) is 10.9. The van der Waals surface area contributed by atoms with E-state index in [1.807, 2.05) is 13.8 Å². The van der Waals surface area contributed by atoms with Crippen LogP contribution in [0.15, 0.2) is 0 Å². The summed E-state index contributed by atoms with van der Waals surface area (Å²) in [5, 5.41) is 6.55. The van der Waals surface area contributed by atoms with E-state index in [1.54, 1.807) is 0 Å². The Morgan fingerprint density at radius 2 is 1.17 bits per heavy atom. The molecule has 0 bridgehead atoms. The third-order valence-electron chi connectivity index (χ3n) is 6.69. The maximum atomic E-state index is 12.2. The molecule has 0 aromatic rings. The van der Waals surface area contributed by atoms with Gasteiger partial charge in [-0.05, 0) is 49.4 Å². The molecule has 2 amide bonds. The van der Waals surface area contributed by atoms with Gasteiger partial charge in [0.05, 0.1) is 0 Å². The average molecular weight is 445 g/mol. The van der Waals surface area contributed by atoms with E-state index in [0.29, 0.717) is 24.7 Å². The molecule has 0 radical (unpaired) electrons. The van der Waals surface area contributed by atoms with Crippen molar-refractivity contribution in [2.75, 3.05) is 0 Å². The molecule has 2 N–H and O–H groups in total. The molecule has 0 spiro atoms. The van der Waals surface area contributed by atoms with Crippen molar-refractivity contribution in [3.63, 3.8) is 0 Å². The van der Waals surface area contributed by atoms with Crippen molar-refractivity contribution in [3.8, 4) is 0 Å². The standard InChI is InChI=1S/C22H42N2O2.2CH3.Ti/c1-7-11-20(25)23-18-13-19(24-21(26)12-8-2)15-22(14-18,16(5)9-3)17(6)10-4;;;/h16-19H,7-15H2,1-6H3,(H,23,25)(H,24,26);2*1H3;/q;2*-1;+2. The van der Waals surface area contributed by atoms with Gasteiger partial charge in [-0.25, -0.2) is 0 Å². The Labute approximate surface area is 197 Å². The molecule has 170 valence electrons. The van der Waals surface area contributed by atoms with Gasteiger partial charge in [-0.15, -0.1) is 0 Å². The average Bonchev–Trinajstić information content (AvgIpc) is 2.60. The fraction of sp³-hybridized carbons (Fsp3) is 0.833. The minimum atomic E-state index is 0. The normalized spacial score (nSPS) is 25.3. The molecule has 5 heteroatoms. The van der Waals surface area contributed by atoms with Gasteiger partial charge in [0.2, 0.25) is 11.8 Å². The van der Waals surface area contributed by atoms with Crippen LogP contribution in [-0.2, 0) is 31.3 Å². The van der Waals surface area contributed by atoms with E-state index in [2.05, 4.69) is 38.3 Å². The van der Waals surface area contributed by atoms with Crippen LogP contribution in [0.4, 0.5) is 0 Å². The van der Waals surface area contributed by atoms with Gasteiger partial charge in [-0.2, -0.15) is 0 Å². The molecule has 4 nitrogen and oxygen atoms in total. The third-order valence-corrected chi connectivity index (χ3v) is 6.69.